The molecule has 0 fully saturated rings. The van der Waals surface area contributed by atoms with Crippen molar-refractivity contribution in [1.29, 1.82) is 0 Å². The minimum absolute atomic E-state index is 0.911. The molecule has 0 bridgehead atoms. The second kappa shape index (κ2) is 6.97. The zero-order valence-corrected chi connectivity index (χ0v) is 13.6. The van der Waals surface area contributed by atoms with Crippen LogP contribution in [-0.2, 0) is 25.8 Å². The topological polar surface area (TPSA) is 21.3 Å². The molecule has 1 aliphatic rings. The summed E-state index contributed by atoms with van der Waals surface area (Å²) in [6.07, 6.45) is 4.97. The average molecular weight is 295 g/mol. The van der Waals surface area contributed by atoms with E-state index in [1.165, 1.54) is 36.0 Å². The van der Waals surface area contributed by atoms with Crippen LogP contribution in [0, 0.1) is 6.92 Å². The first-order chi connectivity index (χ1) is 10.8. The van der Waals surface area contributed by atoms with Crippen LogP contribution in [-0.4, -0.2) is 13.7 Å². The van der Waals surface area contributed by atoms with E-state index in [0.29, 0.717) is 0 Å². The summed E-state index contributed by atoms with van der Waals surface area (Å²) in [4.78, 5) is 0. The number of aryl methyl sites for hydroxylation is 3. The van der Waals surface area contributed by atoms with Gasteiger partial charge < -0.3 is 10.1 Å². The van der Waals surface area contributed by atoms with Crippen molar-refractivity contribution in [3.8, 4) is 5.75 Å². The SMILES string of the molecule is COc1ccc(CNCCc2cc3c(cc2C)CCC3)cc1. The molecule has 0 saturated heterocycles. The van der Waals surface area contributed by atoms with Crippen molar-refractivity contribution in [3.05, 3.63) is 64.2 Å². The number of hydrogen-bond acceptors (Lipinski definition) is 2. The Morgan fingerprint density at radius 2 is 1.77 bits per heavy atom. The van der Waals surface area contributed by atoms with Crippen molar-refractivity contribution in [2.24, 2.45) is 0 Å². The second-order valence-electron chi connectivity index (χ2n) is 6.18. The summed E-state index contributed by atoms with van der Waals surface area (Å²) in [5, 5.41) is 3.54. The summed E-state index contributed by atoms with van der Waals surface area (Å²) in [5.74, 6) is 0.914. The Balaban J connectivity index is 1.50. The third kappa shape index (κ3) is 3.50. The Bertz CT molecular complexity index is 631. The predicted molar refractivity (Wildman–Crippen MR) is 91.6 cm³/mol. The third-order valence-electron chi connectivity index (χ3n) is 4.61. The highest BCUT2D eigenvalue weighted by Gasteiger charge is 2.12. The van der Waals surface area contributed by atoms with E-state index in [-0.39, 0.29) is 0 Å². The maximum Gasteiger partial charge on any atom is 0.118 e. The van der Waals surface area contributed by atoms with E-state index in [1.54, 1.807) is 18.2 Å². The fourth-order valence-electron chi connectivity index (χ4n) is 3.27. The minimum atomic E-state index is 0.911. The van der Waals surface area contributed by atoms with E-state index < -0.39 is 0 Å². The van der Waals surface area contributed by atoms with Crippen molar-refractivity contribution in [1.82, 2.24) is 5.32 Å². The lowest BCUT2D eigenvalue weighted by Crippen LogP contribution is -2.17. The summed E-state index contributed by atoms with van der Waals surface area (Å²) < 4.78 is 5.18. The summed E-state index contributed by atoms with van der Waals surface area (Å²) in [6.45, 7) is 4.18. The lowest BCUT2D eigenvalue weighted by Gasteiger charge is -2.11. The Hall–Kier alpha value is -1.80. The van der Waals surface area contributed by atoms with Crippen molar-refractivity contribution in [2.75, 3.05) is 13.7 Å². The van der Waals surface area contributed by atoms with Crippen LogP contribution in [0.3, 0.4) is 0 Å². The van der Waals surface area contributed by atoms with Crippen LogP contribution in [0.4, 0.5) is 0 Å². The van der Waals surface area contributed by atoms with E-state index in [4.69, 9.17) is 4.74 Å². The molecule has 0 amide bonds. The van der Waals surface area contributed by atoms with Gasteiger partial charge in [0.25, 0.3) is 0 Å². The van der Waals surface area contributed by atoms with Crippen LogP contribution in [0.2, 0.25) is 0 Å². The number of nitrogens with one attached hydrogen (secondary N) is 1. The van der Waals surface area contributed by atoms with Gasteiger partial charge in [0, 0.05) is 6.54 Å². The average Bonchev–Trinajstić information content (AvgIpc) is 2.99. The van der Waals surface area contributed by atoms with Crippen molar-refractivity contribution < 1.29 is 4.74 Å². The molecule has 3 rings (SSSR count). The molecule has 0 unspecified atom stereocenters. The molecule has 0 spiro atoms. The van der Waals surface area contributed by atoms with Gasteiger partial charge in [-0.05, 0) is 79.1 Å². The van der Waals surface area contributed by atoms with Crippen LogP contribution in [0.1, 0.15) is 34.2 Å². The van der Waals surface area contributed by atoms with Gasteiger partial charge in [0.05, 0.1) is 7.11 Å². The standard InChI is InChI=1S/C20H25NO/c1-15-12-18-4-3-5-19(18)13-17(15)10-11-21-14-16-6-8-20(22-2)9-7-16/h6-9,12-13,21H,3-5,10-11,14H2,1-2H3. The van der Waals surface area contributed by atoms with E-state index in [0.717, 1.165) is 25.3 Å². The number of hydrogen-bond donors (Lipinski definition) is 1. The molecule has 0 aromatic heterocycles. The fraction of sp³-hybridized carbons (Fsp3) is 0.400. The first kappa shape index (κ1) is 15.1. The first-order valence-electron chi connectivity index (χ1n) is 8.21. The van der Waals surface area contributed by atoms with Gasteiger partial charge in [0.1, 0.15) is 5.75 Å². The molecular formula is C20H25NO. The third-order valence-corrected chi connectivity index (χ3v) is 4.61. The van der Waals surface area contributed by atoms with Gasteiger partial charge in [-0.2, -0.15) is 0 Å². The molecule has 0 saturated carbocycles. The molecule has 2 heteroatoms. The summed E-state index contributed by atoms with van der Waals surface area (Å²) in [6, 6.07) is 13.1. The number of ether oxygens (including phenoxy) is 1. The van der Waals surface area contributed by atoms with Gasteiger partial charge in [-0.3, -0.25) is 0 Å². The highest BCUT2D eigenvalue weighted by atomic mass is 16.5. The normalized spacial score (nSPS) is 13.2. The molecular weight excluding hydrogens is 270 g/mol. The van der Waals surface area contributed by atoms with Crippen LogP contribution in [0.5, 0.6) is 5.75 Å². The molecule has 2 aromatic rings. The molecule has 0 heterocycles. The maximum atomic E-state index is 5.18. The van der Waals surface area contributed by atoms with Crippen LogP contribution >= 0.6 is 0 Å². The molecule has 2 aromatic carbocycles. The van der Waals surface area contributed by atoms with Gasteiger partial charge in [-0.1, -0.05) is 24.3 Å². The Labute approximate surface area is 133 Å². The van der Waals surface area contributed by atoms with Gasteiger partial charge in [0.2, 0.25) is 0 Å². The predicted octanol–water partition coefficient (Wildman–Crippen LogP) is 3.82. The molecule has 1 N–H and O–H groups in total. The van der Waals surface area contributed by atoms with E-state index in [9.17, 15) is 0 Å². The zero-order chi connectivity index (χ0) is 15.4. The van der Waals surface area contributed by atoms with Gasteiger partial charge >= 0.3 is 0 Å². The fourth-order valence-corrected chi connectivity index (χ4v) is 3.27. The smallest absolute Gasteiger partial charge is 0.118 e. The lowest BCUT2D eigenvalue weighted by molar-refractivity contribution is 0.414. The number of fused-ring (bicyclic) bond motifs is 1. The Kier molecular flexibility index (Phi) is 4.79. The molecule has 1 aliphatic carbocycles. The summed E-state index contributed by atoms with van der Waals surface area (Å²) in [5.41, 5.74) is 7.41. The number of benzene rings is 2. The molecule has 0 aliphatic heterocycles. The van der Waals surface area contributed by atoms with Crippen LogP contribution < -0.4 is 10.1 Å². The van der Waals surface area contributed by atoms with Crippen molar-refractivity contribution in [2.45, 2.75) is 39.2 Å². The molecule has 2 nitrogen and oxygen atoms in total. The van der Waals surface area contributed by atoms with Crippen molar-refractivity contribution >= 4 is 0 Å². The quantitative estimate of drug-likeness (QED) is 0.818. The van der Waals surface area contributed by atoms with Crippen LogP contribution in [0.15, 0.2) is 36.4 Å². The lowest BCUT2D eigenvalue weighted by atomic mass is 9.99. The highest BCUT2D eigenvalue weighted by Crippen LogP contribution is 2.25. The van der Waals surface area contributed by atoms with Gasteiger partial charge in [-0.15, -0.1) is 0 Å². The molecule has 0 radical (unpaired) electrons. The van der Waals surface area contributed by atoms with Gasteiger partial charge in [0.15, 0.2) is 0 Å². The number of methoxy groups -OCH3 is 1. The summed E-state index contributed by atoms with van der Waals surface area (Å²) >= 11 is 0. The largest absolute Gasteiger partial charge is 0.497 e. The Morgan fingerprint density at radius 1 is 1.05 bits per heavy atom. The molecule has 116 valence electrons. The highest BCUT2D eigenvalue weighted by molar-refractivity contribution is 5.40. The Morgan fingerprint density at radius 3 is 2.50 bits per heavy atom. The molecule has 0 atom stereocenters. The monoisotopic (exact) mass is 295 g/mol. The van der Waals surface area contributed by atoms with Crippen LogP contribution in [0.25, 0.3) is 0 Å². The van der Waals surface area contributed by atoms with Crippen molar-refractivity contribution in [3.63, 3.8) is 0 Å². The second-order valence-corrected chi connectivity index (χ2v) is 6.18. The summed E-state index contributed by atoms with van der Waals surface area (Å²) in [7, 11) is 1.70. The van der Waals surface area contributed by atoms with Gasteiger partial charge in [-0.25, -0.2) is 0 Å². The zero-order valence-electron chi connectivity index (χ0n) is 13.6. The first-order valence-corrected chi connectivity index (χ1v) is 8.21. The van der Waals surface area contributed by atoms with E-state index >= 15 is 0 Å². The maximum absolute atomic E-state index is 5.18. The number of rotatable bonds is 6. The molecule has 22 heavy (non-hydrogen) atoms. The minimum Gasteiger partial charge on any atom is -0.497 e. The van der Waals surface area contributed by atoms with E-state index in [1.807, 2.05) is 12.1 Å². The van der Waals surface area contributed by atoms with E-state index in [2.05, 4.69) is 36.5 Å².